The number of amides is 1. The van der Waals surface area contributed by atoms with Crippen molar-refractivity contribution in [3.8, 4) is 22.7 Å². The highest BCUT2D eigenvalue weighted by atomic mass is 35.5. The van der Waals surface area contributed by atoms with Crippen LogP contribution in [0.2, 0.25) is 5.02 Å². The smallest absolute Gasteiger partial charge is 0.266 e. The molecule has 0 radical (unpaired) electrons. The van der Waals surface area contributed by atoms with Crippen molar-refractivity contribution in [2.75, 3.05) is 6.61 Å². The lowest BCUT2D eigenvalue weighted by atomic mass is 10.1. The average Bonchev–Trinajstić information content (AvgIpc) is 3.59. The van der Waals surface area contributed by atoms with Gasteiger partial charge in [0.25, 0.3) is 5.91 Å². The topological polar surface area (TPSA) is 47.4 Å². The number of ether oxygens (including phenoxy) is 1. The van der Waals surface area contributed by atoms with E-state index in [1.165, 1.54) is 11.8 Å². The van der Waals surface area contributed by atoms with Crippen molar-refractivity contribution >= 4 is 51.9 Å². The highest BCUT2D eigenvalue weighted by Gasteiger charge is 2.38. The fourth-order valence-corrected chi connectivity index (χ4v) is 6.13. The minimum absolute atomic E-state index is 0.00772. The third-order valence-corrected chi connectivity index (χ3v) is 7.86. The molecule has 0 bridgehead atoms. The van der Waals surface area contributed by atoms with Crippen molar-refractivity contribution in [3.05, 3.63) is 70.2 Å². The summed E-state index contributed by atoms with van der Waals surface area (Å²) in [5.41, 5.74) is 3.36. The first-order chi connectivity index (χ1) is 17.0. The standard InChI is InChI=1S/C27H26ClN3O2S2/c1-2-14-33-23-13-12-18(15-22(23)28)25-19(17-30(29-25)20-8-4-3-5-9-20)16-24-26(32)31(27(34)35-24)21-10-6-7-11-21/h3-5,8-9,12-13,15-17,21H,2,6-7,10-11,14H2,1H3. The van der Waals surface area contributed by atoms with E-state index >= 15 is 0 Å². The van der Waals surface area contributed by atoms with Crippen LogP contribution in [0.15, 0.2) is 59.6 Å². The summed E-state index contributed by atoms with van der Waals surface area (Å²) in [7, 11) is 0. The number of thioether (sulfide) groups is 1. The first-order valence-corrected chi connectivity index (χ1v) is 13.5. The van der Waals surface area contributed by atoms with Crippen LogP contribution in [0.5, 0.6) is 5.75 Å². The Morgan fingerprint density at radius 2 is 1.97 bits per heavy atom. The van der Waals surface area contributed by atoms with Crippen molar-refractivity contribution in [1.29, 1.82) is 0 Å². The largest absolute Gasteiger partial charge is 0.492 e. The van der Waals surface area contributed by atoms with Gasteiger partial charge in [-0.05, 0) is 55.7 Å². The van der Waals surface area contributed by atoms with Gasteiger partial charge in [-0.1, -0.05) is 73.5 Å². The highest BCUT2D eigenvalue weighted by Crippen LogP contribution is 2.39. The van der Waals surface area contributed by atoms with Crippen LogP contribution < -0.4 is 4.74 Å². The van der Waals surface area contributed by atoms with Gasteiger partial charge in [0.05, 0.1) is 22.2 Å². The van der Waals surface area contributed by atoms with Crippen molar-refractivity contribution in [2.45, 2.75) is 45.1 Å². The number of nitrogens with zero attached hydrogens (tertiary/aromatic N) is 3. The van der Waals surface area contributed by atoms with Crippen LogP contribution in [0.3, 0.4) is 0 Å². The Labute approximate surface area is 220 Å². The number of para-hydroxylation sites is 1. The van der Waals surface area contributed by atoms with Crippen LogP contribution in [0.25, 0.3) is 23.0 Å². The molecule has 180 valence electrons. The number of hydrogen-bond donors (Lipinski definition) is 0. The van der Waals surface area contributed by atoms with E-state index in [0.717, 1.165) is 54.6 Å². The second-order valence-corrected chi connectivity index (χ2v) is 10.8. The lowest BCUT2D eigenvalue weighted by Crippen LogP contribution is -2.36. The summed E-state index contributed by atoms with van der Waals surface area (Å²) in [6.45, 7) is 2.66. The molecule has 0 N–H and O–H groups in total. The van der Waals surface area contributed by atoms with Crippen molar-refractivity contribution in [2.24, 2.45) is 0 Å². The second kappa shape index (κ2) is 10.6. The molecule has 2 fully saturated rings. The first-order valence-electron chi connectivity index (χ1n) is 11.9. The van der Waals surface area contributed by atoms with E-state index in [1.54, 1.807) is 0 Å². The van der Waals surface area contributed by atoms with Crippen LogP contribution in [-0.2, 0) is 4.79 Å². The quantitative estimate of drug-likeness (QED) is 0.243. The zero-order valence-electron chi connectivity index (χ0n) is 19.4. The van der Waals surface area contributed by atoms with Crippen LogP contribution in [0.4, 0.5) is 0 Å². The monoisotopic (exact) mass is 523 g/mol. The highest BCUT2D eigenvalue weighted by molar-refractivity contribution is 8.26. The molecule has 0 unspecified atom stereocenters. The number of hydrogen-bond acceptors (Lipinski definition) is 5. The maximum absolute atomic E-state index is 13.3. The Hall–Kier alpha value is -2.61. The van der Waals surface area contributed by atoms with E-state index in [9.17, 15) is 4.79 Å². The van der Waals surface area contributed by atoms with Gasteiger partial charge in [-0.25, -0.2) is 4.68 Å². The van der Waals surface area contributed by atoms with E-state index in [4.69, 9.17) is 33.7 Å². The fourth-order valence-electron chi connectivity index (χ4n) is 4.51. The maximum Gasteiger partial charge on any atom is 0.266 e. The Balaban J connectivity index is 1.54. The van der Waals surface area contributed by atoms with Crippen LogP contribution in [0.1, 0.15) is 44.6 Å². The van der Waals surface area contributed by atoms with Crippen LogP contribution in [0, 0.1) is 0 Å². The molecular weight excluding hydrogens is 498 g/mol. The normalized spacial score (nSPS) is 17.7. The molecule has 5 nitrogen and oxygen atoms in total. The number of carbonyl (C=O) groups is 1. The zero-order valence-corrected chi connectivity index (χ0v) is 21.8. The summed E-state index contributed by atoms with van der Waals surface area (Å²) < 4.78 is 8.21. The predicted octanol–water partition coefficient (Wildman–Crippen LogP) is 7.13. The van der Waals surface area contributed by atoms with E-state index in [1.807, 2.05) is 70.4 Å². The molecule has 0 spiro atoms. The number of rotatable bonds is 7. The molecule has 35 heavy (non-hydrogen) atoms. The molecule has 2 aromatic carbocycles. The molecule has 3 aromatic rings. The maximum atomic E-state index is 13.3. The number of carbonyl (C=O) groups excluding carboxylic acids is 1. The summed E-state index contributed by atoms with van der Waals surface area (Å²) in [6.07, 6.45) is 9.08. The number of benzene rings is 2. The molecule has 1 aliphatic carbocycles. The molecule has 5 rings (SSSR count). The first kappa shape index (κ1) is 24.1. The molecule has 1 aliphatic heterocycles. The van der Waals surface area contributed by atoms with Gasteiger partial charge in [-0.3, -0.25) is 9.69 Å². The summed E-state index contributed by atoms with van der Waals surface area (Å²) in [5, 5.41) is 5.40. The van der Waals surface area contributed by atoms with Gasteiger partial charge < -0.3 is 4.74 Å². The summed E-state index contributed by atoms with van der Waals surface area (Å²) in [4.78, 5) is 15.8. The molecule has 0 atom stereocenters. The van der Waals surface area contributed by atoms with E-state index in [0.29, 0.717) is 26.6 Å². The number of halogens is 1. The molecule has 2 aliphatic rings. The Morgan fingerprint density at radius 1 is 1.20 bits per heavy atom. The van der Waals surface area contributed by atoms with Gasteiger partial charge in [0.2, 0.25) is 0 Å². The van der Waals surface area contributed by atoms with E-state index in [2.05, 4.69) is 6.92 Å². The van der Waals surface area contributed by atoms with Gasteiger partial charge >= 0.3 is 0 Å². The fraction of sp³-hybridized carbons (Fsp3) is 0.296. The van der Waals surface area contributed by atoms with Gasteiger partial charge in [-0.2, -0.15) is 5.10 Å². The molecule has 1 saturated heterocycles. The molecule has 2 heterocycles. The van der Waals surface area contributed by atoms with Crippen LogP contribution >= 0.6 is 35.6 Å². The SMILES string of the molecule is CCCOc1ccc(-c2nn(-c3ccccc3)cc2C=C2SC(=S)N(C3CCCC3)C2=O)cc1Cl. The second-order valence-electron chi connectivity index (χ2n) is 8.70. The molecule has 1 aromatic heterocycles. The molecular formula is C27H26ClN3O2S2. The van der Waals surface area contributed by atoms with E-state index in [-0.39, 0.29) is 11.9 Å². The van der Waals surface area contributed by atoms with Gasteiger partial charge in [0, 0.05) is 23.4 Å². The Morgan fingerprint density at radius 3 is 2.69 bits per heavy atom. The average molecular weight is 524 g/mol. The van der Waals surface area contributed by atoms with Gasteiger partial charge in [0.15, 0.2) is 0 Å². The lowest BCUT2D eigenvalue weighted by Gasteiger charge is -2.21. The molecule has 1 amide bonds. The summed E-state index contributed by atoms with van der Waals surface area (Å²) in [6, 6.07) is 15.8. The van der Waals surface area contributed by atoms with Crippen molar-refractivity contribution in [3.63, 3.8) is 0 Å². The lowest BCUT2D eigenvalue weighted by molar-refractivity contribution is -0.123. The van der Waals surface area contributed by atoms with Crippen molar-refractivity contribution in [1.82, 2.24) is 14.7 Å². The third kappa shape index (κ3) is 5.03. The van der Waals surface area contributed by atoms with Gasteiger partial charge in [0.1, 0.15) is 15.8 Å². The number of aromatic nitrogens is 2. The number of thiocarbonyl (C=S) groups is 1. The Bertz CT molecular complexity index is 1280. The third-order valence-electron chi connectivity index (χ3n) is 6.23. The predicted molar refractivity (Wildman–Crippen MR) is 147 cm³/mol. The minimum atomic E-state index is -0.00772. The van der Waals surface area contributed by atoms with Crippen LogP contribution in [-0.4, -0.2) is 37.6 Å². The Kier molecular flexibility index (Phi) is 7.27. The minimum Gasteiger partial charge on any atom is -0.492 e. The molecule has 1 saturated carbocycles. The molecule has 8 heteroatoms. The van der Waals surface area contributed by atoms with Crippen molar-refractivity contribution < 1.29 is 9.53 Å². The van der Waals surface area contributed by atoms with Gasteiger partial charge in [-0.15, -0.1) is 0 Å². The summed E-state index contributed by atoms with van der Waals surface area (Å²) in [5.74, 6) is 0.644. The summed E-state index contributed by atoms with van der Waals surface area (Å²) >= 11 is 13.5. The zero-order chi connectivity index (χ0) is 24.4. The van der Waals surface area contributed by atoms with E-state index < -0.39 is 0 Å².